The molecule has 9 heteroatoms. The molecule has 0 N–H and O–H groups in total. The van der Waals surface area contributed by atoms with E-state index in [1.54, 1.807) is 39.7 Å². The minimum absolute atomic E-state index is 0.00269. The number of likely N-dealkylation sites (N-methyl/N-ethyl adjacent to an activating group) is 1. The molecule has 1 aliphatic heterocycles. The van der Waals surface area contributed by atoms with Gasteiger partial charge in [0.15, 0.2) is 0 Å². The molecule has 0 aliphatic carbocycles. The number of sulfonamides is 1. The van der Waals surface area contributed by atoms with E-state index in [1.807, 2.05) is 24.4 Å². The van der Waals surface area contributed by atoms with Crippen molar-refractivity contribution in [2.45, 2.75) is 19.5 Å². The number of hydrogen-bond acceptors (Lipinski definition) is 5. The molecule has 4 heterocycles. The van der Waals surface area contributed by atoms with E-state index >= 15 is 0 Å². The number of piperazine rings is 1. The van der Waals surface area contributed by atoms with Crippen molar-refractivity contribution in [3.63, 3.8) is 0 Å². The largest absolute Gasteiger partial charge is 0.317 e. The van der Waals surface area contributed by atoms with Crippen molar-refractivity contribution in [3.05, 3.63) is 52.0 Å². The Morgan fingerprint density at radius 2 is 2.00 bits per heavy atom. The van der Waals surface area contributed by atoms with Gasteiger partial charge >= 0.3 is 0 Å². The predicted molar refractivity (Wildman–Crippen MR) is 121 cm³/mol. The summed E-state index contributed by atoms with van der Waals surface area (Å²) >= 11 is 1.66. The third kappa shape index (κ3) is 3.82. The van der Waals surface area contributed by atoms with Crippen molar-refractivity contribution in [1.82, 2.24) is 13.9 Å². The summed E-state index contributed by atoms with van der Waals surface area (Å²) in [7, 11) is 0.787. The highest BCUT2D eigenvalue weighted by atomic mass is 32.2. The van der Waals surface area contributed by atoms with Gasteiger partial charge in [0.25, 0.3) is 5.56 Å². The Kier molecular flexibility index (Phi) is 5.34. The van der Waals surface area contributed by atoms with Crippen LogP contribution in [0.3, 0.4) is 0 Å². The first kappa shape index (κ1) is 21.2. The molecule has 30 heavy (non-hydrogen) atoms. The fourth-order valence-electron chi connectivity index (χ4n) is 4.15. The number of thiophene rings is 1. The van der Waals surface area contributed by atoms with E-state index in [0.29, 0.717) is 13.1 Å². The SMILES string of the molecule is CC1CN(S(C)(=O)=O)CC[N+]1(C)Cc1cc2c(=O)n(C)cc(-c3ccncc3)c2s1. The minimum Gasteiger partial charge on any atom is -0.317 e. The molecule has 3 aromatic rings. The first-order valence-electron chi connectivity index (χ1n) is 9.90. The Hall–Kier alpha value is -2.07. The summed E-state index contributed by atoms with van der Waals surface area (Å²) in [5, 5.41) is 0.737. The van der Waals surface area contributed by atoms with Crippen molar-refractivity contribution in [1.29, 1.82) is 0 Å². The molecule has 4 rings (SSSR count). The first-order valence-corrected chi connectivity index (χ1v) is 12.6. The molecule has 7 nitrogen and oxygen atoms in total. The lowest BCUT2D eigenvalue weighted by Crippen LogP contribution is -2.62. The zero-order valence-electron chi connectivity index (χ0n) is 17.7. The Balaban J connectivity index is 1.71. The standard InChI is InChI=1S/C21H27N4O3S2/c1-15-12-24(30(4,27)28)9-10-25(15,3)14-17-11-18-20(29-17)19(13-23(2)21(18)26)16-5-7-22-8-6-16/h5-8,11,13,15H,9-10,12,14H2,1-4H3/q+1. The van der Waals surface area contributed by atoms with Crippen LogP contribution in [-0.4, -0.2) is 65.7 Å². The van der Waals surface area contributed by atoms with Gasteiger partial charge in [-0.2, -0.15) is 4.31 Å². The van der Waals surface area contributed by atoms with E-state index < -0.39 is 10.0 Å². The van der Waals surface area contributed by atoms with Crippen LogP contribution in [0.25, 0.3) is 21.2 Å². The zero-order chi connectivity index (χ0) is 21.7. The molecule has 3 aromatic heterocycles. The van der Waals surface area contributed by atoms with Gasteiger partial charge < -0.3 is 9.05 Å². The molecular weight excluding hydrogens is 420 g/mol. The van der Waals surface area contributed by atoms with Crippen molar-refractivity contribution in [2.75, 3.05) is 32.9 Å². The lowest BCUT2D eigenvalue weighted by Gasteiger charge is -2.46. The summed E-state index contributed by atoms with van der Waals surface area (Å²) in [6, 6.07) is 6.10. The van der Waals surface area contributed by atoms with Crippen LogP contribution >= 0.6 is 11.3 Å². The van der Waals surface area contributed by atoms with E-state index in [0.717, 1.165) is 43.7 Å². The number of aryl methyl sites for hydroxylation is 1. The van der Waals surface area contributed by atoms with E-state index in [4.69, 9.17) is 0 Å². The molecule has 0 radical (unpaired) electrons. The number of quaternary nitrogens is 1. The Bertz CT molecular complexity index is 1250. The fraction of sp³-hybridized carbons (Fsp3) is 0.429. The summed E-state index contributed by atoms with van der Waals surface area (Å²) in [6.07, 6.45) is 6.69. The van der Waals surface area contributed by atoms with Gasteiger partial charge in [-0.15, -0.1) is 11.3 Å². The second-order valence-corrected chi connectivity index (χ2v) is 11.6. The molecule has 1 aliphatic rings. The van der Waals surface area contributed by atoms with Gasteiger partial charge in [0.1, 0.15) is 12.6 Å². The molecule has 0 amide bonds. The quantitative estimate of drug-likeness (QED) is 0.575. The minimum atomic E-state index is -3.17. The summed E-state index contributed by atoms with van der Waals surface area (Å²) in [5.41, 5.74) is 2.07. The molecule has 0 bridgehead atoms. The van der Waals surface area contributed by atoms with Crippen molar-refractivity contribution in [3.8, 4) is 11.1 Å². The predicted octanol–water partition coefficient (Wildman–Crippen LogP) is 2.27. The van der Waals surface area contributed by atoms with E-state index in [1.165, 1.54) is 6.26 Å². The lowest BCUT2D eigenvalue weighted by molar-refractivity contribution is -0.947. The molecule has 0 spiro atoms. The summed E-state index contributed by atoms with van der Waals surface area (Å²) in [5.74, 6) is 0. The number of fused-ring (bicyclic) bond motifs is 1. The second kappa shape index (κ2) is 7.56. The normalized spacial score (nSPS) is 23.1. The highest BCUT2D eigenvalue weighted by Gasteiger charge is 2.39. The Morgan fingerprint density at radius 3 is 2.63 bits per heavy atom. The van der Waals surface area contributed by atoms with E-state index in [9.17, 15) is 13.2 Å². The maximum absolute atomic E-state index is 12.8. The van der Waals surface area contributed by atoms with Gasteiger partial charge in [0, 0.05) is 35.9 Å². The van der Waals surface area contributed by atoms with E-state index in [-0.39, 0.29) is 11.6 Å². The smallest absolute Gasteiger partial charge is 0.259 e. The highest BCUT2D eigenvalue weighted by molar-refractivity contribution is 7.88. The molecule has 160 valence electrons. The van der Waals surface area contributed by atoms with Crippen LogP contribution in [0.1, 0.15) is 11.8 Å². The van der Waals surface area contributed by atoms with Crippen molar-refractivity contribution < 1.29 is 12.9 Å². The summed E-state index contributed by atoms with van der Waals surface area (Å²) in [6.45, 7) is 4.67. The van der Waals surface area contributed by atoms with Gasteiger partial charge in [-0.05, 0) is 30.7 Å². The zero-order valence-corrected chi connectivity index (χ0v) is 19.3. The number of rotatable bonds is 4. The lowest BCUT2D eigenvalue weighted by atomic mass is 10.1. The number of aromatic nitrogens is 2. The van der Waals surface area contributed by atoms with Crippen LogP contribution in [0.2, 0.25) is 0 Å². The first-order chi connectivity index (χ1) is 14.1. The summed E-state index contributed by atoms with van der Waals surface area (Å²) < 4.78 is 28.8. The average Bonchev–Trinajstić information content (AvgIpc) is 3.10. The number of nitrogens with zero attached hydrogens (tertiary/aromatic N) is 4. The van der Waals surface area contributed by atoms with Crippen molar-refractivity contribution >= 4 is 31.4 Å². The monoisotopic (exact) mass is 447 g/mol. The van der Waals surface area contributed by atoms with Crippen LogP contribution in [0.4, 0.5) is 0 Å². The third-order valence-electron chi connectivity index (χ3n) is 6.27. The van der Waals surface area contributed by atoms with E-state index in [2.05, 4.69) is 19.0 Å². The van der Waals surface area contributed by atoms with Crippen LogP contribution in [-0.2, 0) is 23.6 Å². The van der Waals surface area contributed by atoms with Crippen LogP contribution < -0.4 is 5.56 Å². The van der Waals surface area contributed by atoms with Gasteiger partial charge in [-0.3, -0.25) is 9.78 Å². The van der Waals surface area contributed by atoms with Gasteiger partial charge in [-0.25, -0.2) is 8.42 Å². The highest BCUT2D eigenvalue weighted by Crippen LogP contribution is 2.35. The van der Waals surface area contributed by atoms with Crippen LogP contribution in [0, 0.1) is 0 Å². The molecular formula is C21H27N4O3S2+. The van der Waals surface area contributed by atoms with Crippen LogP contribution in [0.15, 0.2) is 41.6 Å². The topological polar surface area (TPSA) is 72.3 Å². The fourth-order valence-corrected chi connectivity index (χ4v) is 6.39. The Labute approximate surface area is 180 Å². The Morgan fingerprint density at radius 1 is 1.30 bits per heavy atom. The van der Waals surface area contributed by atoms with Gasteiger partial charge in [0.2, 0.25) is 10.0 Å². The summed E-state index contributed by atoms with van der Waals surface area (Å²) in [4.78, 5) is 18.0. The molecule has 2 atom stereocenters. The third-order valence-corrected chi connectivity index (χ3v) is 8.69. The maximum Gasteiger partial charge on any atom is 0.259 e. The molecule has 1 fully saturated rings. The number of pyridine rings is 2. The molecule has 1 saturated heterocycles. The number of hydrogen-bond donors (Lipinski definition) is 0. The molecule has 0 saturated carbocycles. The van der Waals surface area contributed by atoms with Gasteiger partial charge in [-0.1, -0.05) is 0 Å². The van der Waals surface area contributed by atoms with Crippen molar-refractivity contribution in [2.24, 2.45) is 7.05 Å². The molecule has 0 aromatic carbocycles. The average molecular weight is 448 g/mol. The maximum atomic E-state index is 12.8. The van der Waals surface area contributed by atoms with Crippen LogP contribution in [0.5, 0.6) is 0 Å². The second-order valence-electron chi connectivity index (χ2n) is 8.48. The molecule has 2 unspecified atom stereocenters. The van der Waals surface area contributed by atoms with Gasteiger partial charge in [0.05, 0.1) is 43.2 Å².